The van der Waals surface area contributed by atoms with E-state index in [0.29, 0.717) is 0 Å². The van der Waals surface area contributed by atoms with Crippen LogP contribution < -0.4 is 0 Å². The summed E-state index contributed by atoms with van der Waals surface area (Å²) >= 11 is 0. The Bertz CT molecular complexity index is 624. The van der Waals surface area contributed by atoms with E-state index in [4.69, 9.17) is 23.7 Å². The number of aliphatic hydroxyl groups is 10. The summed E-state index contributed by atoms with van der Waals surface area (Å²) in [7, 11) is 0. The lowest BCUT2D eigenvalue weighted by Gasteiger charge is -2.45. The second-order valence-electron chi connectivity index (χ2n) is 8.36. The first-order valence-electron chi connectivity index (χ1n) is 10.4. The molecule has 33 heavy (non-hydrogen) atoms. The monoisotopic (exact) mass is 488 g/mol. The van der Waals surface area contributed by atoms with E-state index >= 15 is 0 Å². The highest BCUT2D eigenvalue weighted by atomic mass is 16.7. The number of ether oxygens (including phenoxy) is 5. The van der Waals surface area contributed by atoms with Crippen molar-refractivity contribution < 1.29 is 74.7 Å². The van der Waals surface area contributed by atoms with Gasteiger partial charge in [0.05, 0.1) is 19.3 Å². The molecular formula is C18H32O15. The van der Waals surface area contributed by atoms with Crippen LogP contribution in [0.2, 0.25) is 0 Å². The normalized spacial score (nSPS) is 53.7. The van der Waals surface area contributed by atoms with Crippen LogP contribution in [0.15, 0.2) is 0 Å². The zero-order chi connectivity index (χ0) is 24.6. The molecule has 15 nitrogen and oxygen atoms in total. The van der Waals surface area contributed by atoms with E-state index in [1.807, 2.05) is 0 Å². The molecule has 0 radical (unpaired) electrons. The Morgan fingerprint density at radius 3 is 1.85 bits per heavy atom. The van der Waals surface area contributed by atoms with Crippen molar-refractivity contribution >= 4 is 0 Å². The molecule has 3 rings (SSSR count). The van der Waals surface area contributed by atoms with Gasteiger partial charge in [-0.15, -0.1) is 0 Å². The summed E-state index contributed by atoms with van der Waals surface area (Å²) in [6, 6.07) is 0. The third-order valence-electron chi connectivity index (χ3n) is 6.03. The molecule has 3 fully saturated rings. The molecule has 15 atom stereocenters. The van der Waals surface area contributed by atoms with Gasteiger partial charge in [-0.2, -0.15) is 0 Å². The first-order valence-corrected chi connectivity index (χ1v) is 10.4. The molecule has 0 aromatic carbocycles. The van der Waals surface area contributed by atoms with Gasteiger partial charge in [-0.25, -0.2) is 0 Å². The van der Waals surface area contributed by atoms with Crippen molar-refractivity contribution in [1.82, 2.24) is 0 Å². The molecule has 0 aliphatic carbocycles. The first-order chi connectivity index (χ1) is 15.5. The Labute approximate surface area is 187 Å². The van der Waals surface area contributed by atoms with E-state index in [-0.39, 0.29) is 0 Å². The minimum atomic E-state index is -1.88. The summed E-state index contributed by atoms with van der Waals surface area (Å²) in [4.78, 5) is 0. The number of aliphatic hydroxyl groups excluding tert-OH is 10. The zero-order valence-electron chi connectivity index (χ0n) is 17.6. The van der Waals surface area contributed by atoms with Gasteiger partial charge in [0.1, 0.15) is 67.1 Å². The molecule has 3 aliphatic rings. The third-order valence-corrected chi connectivity index (χ3v) is 6.03. The number of hydrogen-bond donors (Lipinski definition) is 10. The molecule has 0 bridgehead atoms. The van der Waals surface area contributed by atoms with Crippen LogP contribution in [0.25, 0.3) is 0 Å². The zero-order valence-corrected chi connectivity index (χ0v) is 17.6. The van der Waals surface area contributed by atoms with Crippen LogP contribution in [-0.2, 0) is 23.7 Å². The number of rotatable bonds is 6. The van der Waals surface area contributed by atoms with Crippen LogP contribution in [0.3, 0.4) is 0 Å². The van der Waals surface area contributed by atoms with Gasteiger partial charge in [0.15, 0.2) is 18.9 Å². The van der Waals surface area contributed by atoms with E-state index in [1.165, 1.54) is 6.92 Å². The molecule has 194 valence electrons. The molecule has 0 saturated carbocycles. The van der Waals surface area contributed by atoms with E-state index in [9.17, 15) is 51.1 Å². The molecule has 3 aliphatic heterocycles. The molecule has 0 amide bonds. The summed E-state index contributed by atoms with van der Waals surface area (Å²) in [5, 5.41) is 99.5. The highest BCUT2D eigenvalue weighted by molar-refractivity contribution is 4.94. The summed E-state index contributed by atoms with van der Waals surface area (Å²) in [5.74, 6) is 0. The highest BCUT2D eigenvalue weighted by Crippen LogP contribution is 2.29. The largest absolute Gasteiger partial charge is 0.394 e. The van der Waals surface area contributed by atoms with E-state index in [2.05, 4.69) is 0 Å². The highest BCUT2D eigenvalue weighted by Gasteiger charge is 2.50. The van der Waals surface area contributed by atoms with Crippen LogP contribution in [-0.4, -0.2) is 156 Å². The lowest BCUT2D eigenvalue weighted by molar-refractivity contribution is -0.359. The van der Waals surface area contributed by atoms with Gasteiger partial charge >= 0.3 is 0 Å². The maximum absolute atomic E-state index is 10.6. The van der Waals surface area contributed by atoms with Crippen LogP contribution in [0.5, 0.6) is 0 Å². The maximum Gasteiger partial charge on any atom is 0.187 e. The minimum absolute atomic E-state index is 0.570. The maximum atomic E-state index is 10.6. The molecule has 15 heteroatoms. The second kappa shape index (κ2) is 11.0. The van der Waals surface area contributed by atoms with Gasteiger partial charge in [0, 0.05) is 0 Å². The molecule has 10 N–H and O–H groups in total. The van der Waals surface area contributed by atoms with Gasteiger partial charge in [0.2, 0.25) is 0 Å². The van der Waals surface area contributed by atoms with Crippen LogP contribution >= 0.6 is 0 Å². The fourth-order valence-corrected chi connectivity index (χ4v) is 3.89. The fraction of sp³-hybridized carbons (Fsp3) is 1.00. The second-order valence-corrected chi connectivity index (χ2v) is 8.36. The average molecular weight is 488 g/mol. The Hall–Kier alpha value is -0.600. The van der Waals surface area contributed by atoms with Gasteiger partial charge in [-0.3, -0.25) is 0 Å². The molecule has 3 saturated heterocycles. The molecule has 0 spiro atoms. The summed E-state index contributed by atoms with van der Waals surface area (Å²) in [5.41, 5.74) is 0. The lowest BCUT2D eigenvalue weighted by Crippen LogP contribution is -2.64. The van der Waals surface area contributed by atoms with Crippen molar-refractivity contribution in [2.75, 3.05) is 13.2 Å². The van der Waals surface area contributed by atoms with Gasteiger partial charge < -0.3 is 74.7 Å². The molecule has 0 aromatic heterocycles. The SMILES string of the molecule is C[C@@H]1O[C@@H](O[C@@H]2[C@@H](O)[C@@H](O)O[C@H](CO[C@H]3O[C@H](CO)[C@@H](O)[C@H](O)[C@H]3O)[C@@H]2O)[C@H](O)[C@H](O)[C@H]1O. The lowest BCUT2D eigenvalue weighted by atomic mass is 9.97. The van der Waals surface area contributed by atoms with Crippen LogP contribution in [0, 0.1) is 0 Å². The first kappa shape index (κ1) is 27.0. The van der Waals surface area contributed by atoms with Crippen molar-refractivity contribution in [3.63, 3.8) is 0 Å². The number of hydrogen-bond acceptors (Lipinski definition) is 15. The van der Waals surface area contributed by atoms with Crippen molar-refractivity contribution in [1.29, 1.82) is 0 Å². The predicted molar refractivity (Wildman–Crippen MR) is 99.8 cm³/mol. The van der Waals surface area contributed by atoms with Crippen molar-refractivity contribution in [3.05, 3.63) is 0 Å². The topological polar surface area (TPSA) is 248 Å². The Morgan fingerprint density at radius 2 is 1.21 bits per heavy atom. The average Bonchev–Trinajstić information content (AvgIpc) is 2.79. The molecule has 0 unspecified atom stereocenters. The van der Waals surface area contributed by atoms with Gasteiger partial charge in [-0.1, -0.05) is 0 Å². The summed E-state index contributed by atoms with van der Waals surface area (Å²) < 4.78 is 26.3. The molecular weight excluding hydrogens is 456 g/mol. The van der Waals surface area contributed by atoms with Crippen molar-refractivity contribution in [3.8, 4) is 0 Å². The van der Waals surface area contributed by atoms with Gasteiger partial charge in [0.25, 0.3) is 0 Å². The quantitative estimate of drug-likeness (QED) is 0.167. The Kier molecular flexibility index (Phi) is 8.99. The van der Waals surface area contributed by atoms with Gasteiger partial charge in [-0.05, 0) is 6.92 Å². The van der Waals surface area contributed by atoms with E-state index in [0.717, 1.165) is 0 Å². The Balaban J connectivity index is 1.64. The van der Waals surface area contributed by atoms with Crippen LogP contribution in [0.1, 0.15) is 6.92 Å². The van der Waals surface area contributed by atoms with Crippen molar-refractivity contribution in [2.24, 2.45) is 0 Å². The van der Waals surface area contributed by atoms with Crippen molar-refractivity contribution in [2.45, 2.75) is 99.0 Å². The smallest absolute Gasteiger partial charge is 0.187 e. The molecule has 3 heterocycles. The Morgan fingerprint density at radius 1 is 0.606 bits per heavy atom. The summed E-state index contributed by atoms with van der Waals surface area (Å²) in [6.45, 7) is 0.148. The summed E-state index contributed by atoms with van der Waals surface area (Å²) in [6.07, 6.45) is -23.5. The predicted octanol–water partition coefficient (Wildman–Crippen LogP) is -6.55. The third kappa shape index (κ3) is 5.48. The standard InChI is InChI=1S/C18H32O15/c1-4-7(20)10(23)13(26)18(30-4)33-15-9(22)6(31-16(28)14(15)27)3-29-17-12(25)11(24)8(21)5(2-19)32-17/h4-28H,2-3H2,1H3/t4-,5+,6+,7-,8+,9-,10+,11-,12+,13+,14+,15-,16-,17-,18-/m0/s1. The fourth-order valence-electron chi connectivity index (χ4n) is 3.89. The molecule has 0 aromatic rings. The van der Waals surface area contributed by atoms with E-state index < -0.39 is 105 Å². The van der Waals surface area contributed by atoms with E-state index in [1.54, 1.807) is 0 Å². The van der Waals surface area contributed by atoms with Crippen LogP contribution in [0.4, 0.5) is 0 Å². The minimum Gasteiger partial charge on any atom is -0.394 e.